The van der Waals surface area contributed by atoms with Crippen LogP contribution in [0.2, 0.25) is 0 Å². The van der Waals surface area contributed by atoms with Crippen molar-refractivity contribution < 1.29 is 9.84 Å². The standard InChI is InChI=1S/C13H16N4O2/c1-19-11-4-2-3-9(5-11)10-6-14-13-15-12(8-18)16-17(13)7-10/h2-5,10,18H,6-8H2,1H3,(H,14,15,16). The fourth-order valence-electron chi connectivity index (χ4n) is 2.32. The monoisotopic (exact) mass is 260 g/mol. The van der Waals surface area contributed by atoms with Gasteiger partial charge in [0.15, 0.2) is 5.82 Å². The Bertz CT molecular complexity index is 582. The second-order valence-electron chi connectivity index (χ2n) is 4.55. The molecule has 1 aliphatic heterocycles. The van der Waals surface area contributed by atoms with Gasteiger partial charge in [-0.1, -0.05) is 12.1 Å². The maximum absolute atomic E-state index is 9.06. The number of methoxy groups -OCH3 is 1. The summed E-state index contributed by atoms with van der Waals surface area (Å²) in [5.74, 6) is 2.35. The molecule has 1 atom stereocenters. The van der Waals surface area contributed by atoms with Gasteiger partial charge in [-0.15, -0.1) is 0 Å². The number of rotatable bonds is 3. The molecule has 0 amide bonds. The van der Waals surface area contributed by atoms with Crippen LogP contribution in [0.1, 0.15) is 17.3 Å². The molecule has 0 bridgehead atoms. The summed E-state index contributed by atoms with van der Waals surface area (Å²) in [6, 6.07) is 8.06. The average Bonchev–Trinajstić information content (AvgIpc) is 2.89. The van der Waals surface area contributed by atoms with Gasteiger partial charge in [-0.05, 0) is 17.7 Å². The van der Waals surface area contributed by atoms with Crippen LogP contribution in [0.15, 0.2) is 24.3 Å². The predicted octanol–water partition coefficient (Wildman–Crippen LogP) is 0.988. The van der Waals surface area contributed by atoms with E-state index in [2.05, 4.69) is 21.5 Å². The lowest BCUT2D eigenvalue weighted by molar-refractivity contribution is 0.270. The molecular weight excluding hydrogens is 244 g/mol. The Balaban J connectivity index is 1.84. The Hall–Kier alpha value is -2.08. The highest BCUT2D eigenvalue weighted by Gasteiger charge is 2.22. The maximum atomic E-state index is 9.06. The summed E-state index contributed by atoms with van der Waals surface area (Å²) in [4.78, 5) is 4.20. The molecule has 6 nitrogen and oxygen atoms in total. The van der Waals surface area contributed by atoms with Crippen molar-refractivity contribution in [3.05, 3.63) is 35.7 Å². The van der Waals surface area contributed by atoms with E-state index in [0.717, 1.165) is 24.8 Å². The first kappa shape index (κ1) is 12.0. The van der Waals surface area contributed by atoms with E-state index < -0.39 is 0 Å². The van der Waals surface area contributed by atoms with E-state index in [4.69, 9.17) is 9.84 Å². The minimum atomic E-state index is -0.133. The zero-order chi connectivity index (χ0) is 13.2. The number of aliphatic hydroxyl groups excluding tert-OH is 1. The Kier molecular flexibility index (Phi) is 3.08. The largest absolute Gasteiger partial charge is 0.497 e. The summed E-state index contributed by atoms with van der Waals surface area (Å²) < 4.78 is 7.05. The maximum Gasteiger partial charge on any atom is 0.221 e. The zero-order valence-electron chi connectivity index (χ0n) is 10.7. The quantitative estimate of drug-likeness (QED) is 0.861. The first-order valence-electron chi connectivity index (χ1n) is 6.22. The van der Waals surface area contributed by atoms with Crippen LogP contribution >= 0.6 is 0 Å². The molecule has 1 aliphatic rings. The van der Waals surface area contributed by atoms with Crippen LogP contribution < -0.4 is 10.1 Å². The van der Waals surface area contributed by atoms with Gasteiger partial charge in [0.2, 0.25) is 5.95 Å². The van der Waals surface area contributed by atoms with Crippen LogP contribution in [0.3, 0.4) is 0 Å². The second kappa shape index (κ2) is 4.89. The molecule has 2 heterocycles. The van der Waals surface area contributed by atoms with Gasteiger partial charge in [0.05, 0.1) is 13.7 Å². The number of ether oxygens (including phenoxy) is 1. The molecule has 0 fully saturated rings. The molecule has 1 aromatic carbocycles. The number of benzene rings is 1. The molecular formula is C13H16N4O2. The molecule has 0 saturated heterocycles. The summed E-state index contributed by atoms with van der Waals surface area (Å²) in [6.07, 6.45) is 0. The Labute approximate surface area is 111 Å². The van der Waals surface area contributed by atoms with Crippen LogP contribution in [-0.4, -0.2) is 33.5 Å². The van der Waals surface area contributed by atoms with Gasteiger partial charge >= 0.3 is 0 Å². The van der Waals surface area contributed by atoms with Crippen molar-refractivity contribution in [3.8, 4) is 5.75 Å². The first-order chi connectivity index (χ1) is 9.30. The Morgan fingerprint density at radius 2 is 2.42 bits per heavy atom. The molecule has 2 N–H and O–H groups in total. The summed E-state index contributed by atoms with van der Waals surface area (Å²) in [6.45, 7) is 1.42. The highest BCUT2D eigenvalue weighted by molar-refractivity contribution is 5.35. The summed E-state index contributed by atoms with van der Waals surface area (Å²) >= 11 is 0. The van der Waals surface area contributed by atoms with Crippen molar-refractivity contribution in [2.45, 2.75) is 19.1 Å². The highest BCUT2D eigenvalue weighted by atomic mass is 16.5. The minimum absolute atomic E-state index is 0.133. The van der Waals surface area contributed by atoms with Crippen molar-refractivity contribution in [1.82, 2.24) is 14.8 Å². The zero-order valence-corrected chi connectivity index (χ0v) is 10.7. The average molecular weight is 260 g/mol. The number of anilines is 1. The van der Waals surface area contributed by atoms with Gasteiger partial charge in [0, 0.05) is 12.5 Å². The molecule has 0 spiro atoms. The number of aromatic nitrogens is 3. The number of fused-ring (bicyclic) bond motifs is 1. The van der Waals surface area contributed by atoms with Crippen LogP contribution in [0.5, 0.6) is 5.75 Å². The molecule has 19 heavy (non-hydrogen) atoms. The van der Waals surface area contributed by atoms with Crippen LogP contribution in [-0.2, 0) is 13.2 Å². The van der Waals surface area contributed by atoms with Crippen molar-refractivity contribution in [2.24, 2.45) is 0 Å². The number of hydrogen-bond donors (Lipinski definition) is 2. The lowest BCUT2D eigenvalue weighted by atomic mass is 9.98. The van der Waals surface area contributed by atoms with Crippen molar-refractivity contribution >= 4 is 5.95 Å². The van der Waals surface area contributed by atoms with Crippen molar-refractivity contribution in [1.29, 1.82) is 0 Å². The minimum Gasteiger partial charge on any atom is -0.497 e. The topological polar surface area (TPSA) is 72.2 Å². The first-order valence-corrected chi connectivity index (χ1v) is 6.22. The molecule has 1 aromatic heterocycles. The molecule has 6 heteroatoms. The molecule has 100 valence electrons. The number of hydrogen-bond acceptors (Lipinski definition) is 5. The lowest BCUT2D eigenvalue weighted by Gasteiger charge is -2.24. The van der Waals surface area contributed by atoms with Gasteiger partial charge in [0.25, 0.3) is 0 Å². The van der Waals surface area contributed by atoms with Gasteiger partial charge in [0.1, 0.15) is 12.4 Å². The Morgan fingerprint density at radius 1 is 1.53 bits per heavy atom. The third-order valence-corrected chi connectivity index (χ3v) is 3.32. The van der Waals surface area contributed by atoms with Crippen LogP contribution in [0, 0.1) is 0 Å². The molecule has 0 saturated carbocycles. The molecule has 2 aromatic rings. The molecule has 3 rings (SSSR count). The summed E-state index contributed by atoms with van der Waals surface area (Å²) in [5.41, 5.74) is 1.21. The SMILES string of the molecule is COc1cccc(C2CNc3nc(CO)nn3C2)c1. The van der Waals surface area contributed by atoms with Crippen LogP contribution in [0.4, 0.5) is 5.95 Å². The summed E-state index contributed by atoms with van der Waals surface area (Å²) in [7, 11) is 1.67. The molecule has 0 aliphatic carbocycles. The third-order valence-electron chi connectivity index (χ3n) is 3.32. The van der Waals surface area contributed by atoms with Gasteiger partial charge in [-0.25, -0.2) is 4.68 Å². The van der Waals surface area contributed by atoms with E-state index in [-0.39, 0.29) is 6.61 Å². The predicted molar refractivity (Wildman–Crippen MR) is 70.2 cm³/mol. The smallest absolute Gasteiger partial charge is 0.221 e. The van der Waals surface area contributed by atoms with E-state index in [9.17, 15) is 0 Å². The fourth-order valence-corrected chi connectivity index (χ4v) is 2.32. The number of nitrogens with one attached hydrogen (secondary N) is 1. The normalized spacial score (nSPS) is 17.7. The van der Waals surface area contributed by atoms with E-state index in [0.29, 0.717) is 11.7 Å². The van der Waals surface area contributed by atoms with E-state index in [1.807, 2.05) is 18.2 Å². The van der Waals surface area contributed by atoms with E-state index >= 15 is 0 Å². The van der Waals surface area contributed by atoms with Crippen molar-refractivity contribution in [3.63, 3.8) is 0 Å². The van der Waals surface area contributed by atoms with Crippen molar-refractivity contribution in [2.75, 3.05) is 19.0 Å². The van der Waals surface area contributed by atoms with Gasteiger partial charge < -0.3 is 15.2 Å². The van der Waals surface area contributed by atoms with Gasteiger partial charge in [-0.3, -0.25) is 0 Å². The number of aliphatic hydroxyl groups is 1. The highest BCUT2D eigenvalue weighted by Crippen LogP contribution is 2.26. The Morgan fingerprint density at radius 3 is 3.21 bits per heavy atom. The third kappa shape index (κ3) is 2.26. The molecule has 1 unspecified atom stereocenters. The molecule has 0 radical (unpaired) electrons. The van der Waals surface area contributed by atoms with E-state index in [1.54, 1.807) is 11.8 Å². The van der Waals surface area contributed by atoms with Crippen LogP contribution in [0.25, 0.3) is 0 Å². The summed E-state index contributed by atoms with van der Waals surface area (Å²) in [5, 5.41) is 16.5. The van der Waals surface area contributed by atoms with Gasteiger partial charge in [-0.2, -0.15) is 10.1 Å². The van der Waals surface area contributed by atoms with E-state index in [1.165, 1.54) is 5.56 Å². The second-order valence-corrected chi connectivity index (χ2v) is 4.55. The fraction of sp³-hybridized carbons (Fsp3) is 0.385. The lowest BCUT2D eigenvalue weighted by Crippen LogP contribution is -2.26. The number of nitrogens with zero attached hydrogens (tertiary/aromatic N) is 3.